The predicted octanol–water partition coefficient (Wildman–Crippen LogP) is 4.52. The van der Waals surface area contributed by atoms with Gasteiger partial charge in [0.05, 0.1) is 11.6 Å². The Balaban J connectivity index is 2.96. The van der Waals surface area contributed by atoms with Crippen molar-refractivity contribution in [2.24, 2.45) is 5.92 Å². The molecule has 5 heteroatoms. The molecule has 104 valence electrons. The van der Waals surface area contributed by atoms with Crippen molar-refractivity contribution in [3.05, 3.63) is 33.8 Å². The molecule has 0 saturated heterocycles. The van der Waals surface area contributed by atoms with Crippen molar-refractivity contribution in [3.63, 3.8) is 0 Å². The zero-order valence-corrected chi connectivity index (χ0v) is 12.3. The molecule has 0 fully saturated rings. The van der Waals surface area contributed by atoms with E-state index in [4.69, 9.17) is 33.0 Å². The van der Waals surface area contributed by atoms with Crippen LogP contribution in [0.15, 0.2) is 18.2 Å². The van der Waals surface area contributed by atoms with E-state index in [2.05, 4.69) is 13.8 Å². The van der Waals surface area contributed by atoms with Gasteiger partial charge in [0, 0.05) is 16.7 Å². The highest BCUT2D eigenvalue weighted by Crippen LogP contribution is 2.33. The fourth-order valence-corrected chi connectivity index (χ4v) is 1.98. The number of rotatable bonds is 6. The molecule has 0 aromatic heterocycles. The Morgan fingerprint density at radius 1 is 1.42 bits per heavy atom. The maximum Gasteiger partial charge on any atom is 0.328 e. The first-order valence-corrected chi connectivity index (χ1v) is 6.68. The van der Waals surface area contributed by atoms with Crippen molar-refractivity contribution in [1.29, 1.82) is 0 Å². The van der Waals surface area contributed by atoms with Crippen LogP contribution in [0.2, 0.25) is 10.0 Å². The molecule has 0 aliphatic carbocycles. The fourth-order valence-electron chi connectivity index (χ4n) is 1.41. The van der Waals surface area contributed by atoms with Crippen LogP contribution < -0.4 is 4.74 Å². The SMILES string of the molecule is CC(C)CCOc1c(Cl)cc(Cl)cc1/C=C/C(=O)O. The van der Waals surface area contributed by atoms with Crippen LogP contribution in [-0.2, 0) is 4.79 Å². The molecule has 3 nitrogen and oxygen atoms in total. The Morgan fingerprint density at radius 2 is 2.11 bits per heavy atom. The maximum absolute atomic E-state index is 10.6. The van der Waals surface area contributed by atoms with Gasteiger partial charge in [-0.3, -0.25) is 0 Å². The molecule has 0 spiro atoms. The van der Waals surface area contributed by atoms with Gasteiger partial charge >= 0.3 is 5.97 Å². The highest BCUT2D eigenvalue weighted by Gasteiger charge is 2.09. The van der Waals surface area contributed by atoms with Crippen molar-refractivity contribution < 1.29 is 14.6 Å². The van der Waals surface area contributed by atoms with Gasteiger partial charge in [0.1, 0.15) is 5.75 Å². The van der Waals surface area contributed by atoms with E-state index in [1.807, 2.05) is 0 Å². The lowest BCUT2D eigenvalue weighted by atomic mass is 10.1. The summed E-state index contributed by atoms with van der Waals surface area (Å²) in [5.41, 5.74) is 0.559. The number of carboxylic acids is 1. The number of benzene rings is 1. The number of halogens is 2. The molecule has 0 amide bonds. The Bertz CT molecular complexity index is 482. The molecule has 0 aliphatic rings. The van der Waals surface area contributed by atoms with Crippen LogP contribution in [0.1, 0.15) is 25.8 Å². The summed E-state index contributed by atoms with van der Waals surface area (Å²) in [6.45, 7) is 4.71. The standard InChI is InChI=1S/C14H16Cl2O3/c1-9(2)5-6-19-14-10(3-4-13(17)18)7-11(15)8-12(14)16/h3-4,7-9H,5-6H2,1-2H3,(H,17,18)/b4-3+. The van der Waals surface area contributed by atoms with Crippen molar-refractivity contribution in [2.45, 2.75) is 20.3 Å². The monoisotopic (exact) mass is 302 g/mol. The summed E-state index contributed by atoms with van der Waals surface area (Å²) >= 11 is 12.0. The second-order valence-corrected chi connectivity index (χ2v) is 5.35. The number of hydrogen-bond donors (Lipinski definition) is 1. The minimum atomic E-state index is -1.04. The molecule has 0 atom stereocenters. The van der Waals surface area contributed by atoms with Gasteiger partial charge in [-0.2, -0.15) is 0 Å². The Labute approximate surface area is 122 Å². The third-order valence-electron chi connectivity index (χ3n) is 2.38. The lowest BCUT2D eigenvalue weighted by Gasteiger charge is -2.12. The molecule has 1 aromatic carbocycles. The van der Waals surface area contributed by atoms with Crippen molar-refractivity contribution >= 4 is 35.2 Å². The Hall–Kier alpha value is -1.19. The summed E-state index contributed by atoms with van der Waals surface area (Å²) in [6.07, 6.45) is 3.34. The normalized spacial score (nSPS) is 11.2. The lowest BCUT2D eigenvalue weighted by Crippen LogP contribution is -2.03. The summed E-state index contributed by atoms with van der Waals surface area (Å²) in [5.74, 6) is -0.0578. The van der Waals surface area contributed by atoms with Gasteiger partial charge in [-0.1, -0.05) is 37.0 Å². The number of aliphatic carboxylic acids is 1. The predicted molar refractivity (Wildman–Crippen MR) is 78.1 cm³/mol. The summed E-state index contributed by atoms with van der Waals surface area (Å²) in [4.78, 5) is 10.6. The first-order chi connectivity index (χ1) is 8.90. The van der Waals surface area contributed by atoms with Crippen LogP contribution in [0, 0.1) is 5.92 Å². The smallest absolute Gasteiger partial charge is 0.328 e. The number of carbonyl (C=O) groups is 1. The quantitative estimate of drug-likeness (QED) is 0.786. The molecule has 1 N–H and O–H groups in total. The van der Waals surface area contributed by atoms with Gasteiger partial charge < -0.3 is 9.84 Å². The van der Waals surface area contributed by atoms with Crippen LogP contribution in [0.4, 0.5) is 0 Å². The largest absolute Gasteiger partial charge is 0.491 e. The maximum atomic E-state index is 10.6. The van der Waals surface area contributed by atoms with Gasteiger partial charge in [-0.05, 0) is 30.5 Å². The van der Waals surface area contributed by atoms with Crippen molar-refractivity contribution in [1.82, 2.24) is 0 Å². The Kier molecular flexibility index (Phi) is 6.19. The molecule has 0 bridgehead atoms. The van der Waals surface area contributed by atoms with E-state index < -0.39 is 5.97 Å². The van der Waals surface area contributed by atoms with E-state index in [0.717, 1.165) is 12.5 Å². The first-order valence-electron chi connectivity index (χ1n) is 5.93. The molecule has 0 aliphatic heterocycles. The molecule has 0 unspecified atom stereocenters. The molecule has 0 saturated carbocycles. The zero-order chi connectivity index (χ0) is 14.4. The molecular formula is C14H16Cl2O3. The van der Waals surface area contributed by atoms with Gasteiger partial charge in [0.2, 0.25) is 0 Å². The van der Waals surface area contributed by atoms with E-state index in [0.29, 0.717) is 33.9 Å². The number of ether oxygens (including phenoxy) is 1. The van der Waals surface area contributed by atoms with Gasteiger partial charge in [-0.15, -0.1) is 0 Å². The third-order valence-corrected chi connectivity index (χ3v) is 2.88. The van der Waals surface area contributed by atoms with E-state index in [-0.39, 0.29) is 0 Å². The van der Waals surface area contributed by atoms with Gasteiger partial charge in [0.25, 0.3) is 0 Å². The molecule has 1 rings (SSSR count). The highest BCUT2D eigenvalue weighted by atomic mass is 35.5. The average molecular weight is 303 g/mol. The molecule has 19 heavy (non-hydrogen) atoms. The minimum Gasteiger partial charge on any atom is -0.491 e. The van der Waals surface area contributed by atoms with Crippen LogP contribution in [0.5, 0.6) is 5.75 Å². The van der Waals surface area contributed by atoms with Gasteiger partial charge in [-0.25, -0.2) is 4.79 Å². The average Bonchev–Trinajstić information content (AvgIpc) is 2.28. The van der Waals surface area contributed by atoms with Crippen molar-refractivity contribution in [2.75, 3.05) is 6.61 Å². The van der Waals surface area contributed by atoms with E-state index in [1.165, 1.54) is 6.08 Å². The van der Waals surface area contributed by atoms with Gasteiger partial charge in [0.15, 0.2) is 0 Å². The molecule has 0 radical (unpaired) electrons. The second-order valence-electron chi connectivity index (χ2n) is 4.51. The van der Waals surface area contributed by atoms with Crippen molar-refractivity contribution in [3.8, 4) is 5.75 Å². The molecule has 0 heterocycles. The van der Waals surface area contributed by atoms with E-state index in [9.17, 15) is 4.79 Å². The van der Waals surface area contributed by atoms with Crippen LogP contribution in [-0.4, -0.2) is 17.7 Å². The second kappa shape index (κ2) is 7.41. The first kappa shape index (κ1) is 15.9. The van der Waals surface area contributed by atoms with Crippen LogP contribution in [0.3, 0.4) is 0 Å². The van der Waals surface area contributed by atoms with E-state index in [1.54, 1.807) is 12.1 Å². The summed E-state index contributed by atoms with van der Waals surface area (Å²) in [6, 6.07) is 3.20. The number of hydrogen-bond acceptors (Lipinski definition) is 2. The third kappa shape index (κ3) is 5.53. The lowest BCUT2D eigenvalue weighted by molar-refractivity contribution is -0.131. The molecular weight excluding hydrogens is 287 g/mol. The molecule has 1 aromatic rings. The van der Waals surface area contributed by atoms with Crippen LogP contribution >= 0.6 is 23.2 Å². The topological polar surface area (TPSA) is 46.5 Å². The summed E-state index contributed by atoms with van der Waals surface area (Å²) < 4.78 is 5.63. The number of carboxylic acid groups (broad SMARTS) is 1. The fraction of sp³-hybridized carbons (Fsp3) is 0.357. The van der Waals surface area contributed by atoms with Crippen LogP contribution in [0.25, 0.3) is 6.08 Å². The summed E-state index contributed by atoms with van der Waals surface area (Å²) in [7, 11) is 0. The summed E-state index contributed by atoms with van der Waals surface area (Å²) in [5, 5.41) is 9.47. The van der Waals surface area contributed by atoms with E-state index >= 15 is 0 Å². The highest BCUT2D eigenvalue weighted by molar-refractivity contribution is 6.35. The minimum absolute atomic E-state index is 0.376. The zero-order valence-electron chi connectivity index (χ0n) is 10.8. The Morgan fingerprint density at radius 3 is 2.68 bits per heavy atom.